The van der Waals surface area contributed by atoms with Gasteiger partial charge in [-0.15, -0.1) is 5.10 Å². The highest BCUT2D eigenvalue weighted by atomic mass is 16.5. The van der Waals surface area contributed by atoms with Crippen molar-refractivity contribution in [3.63, 3.8) is 0 Å². The average Bonchev–Trinajstić information content (AvgIpc) is 2.84. The van der Waals surface area contributed by atoms with Gasteiger partial charge in [0.05, 0.1) is 18.8 Å². The molecule has 7 nitrogen and oxygen atoms in total. The number of carbonyl (C=O) groups excluding carboxylic acids is 1. The van der Waals surface area contributed by atoms with Crippen molar-refractivity contribution in [1.29, 1.82) is 0 Å². The van der Waals surface area contributed by atoms with Crippen molar-refractivity contribution in [1.82, 2.24) is 14.2 Å². The van der Waals surface area contributed by atoms with Crippen molar-refractivity contribution in [2.75, 3.05) is 6.61 Å². The third-order valence-electron chi connectivity index (χ3n) is 4.15. The van der Waals surface area contributed by atoms with Gasteiger partial charge in [0.1, 0.15) is 5.92 Å². The monoisotopic (exact) mass is 305 g/mol. The summed E-state index contributed by atoms with van der Waals surface area (Å²) in [5.74, 6) is -1.22. The van der Waals surface area contributed by atoms with Crippen molar-refractivity contribution in [3.8, 4) is 0 Å². The first-order valence-electron chi connectivity index (χ1n) is 7.54. The second-order valence-corrected chi connectivity index (χ2v) is 5.50. The lowest BCUT2D eigenvalue weighted by Gasteiger charge is -2.33. The third kappa shape index (κ3) is 2.41. The summed E-state index contributed by atoms with van der Waals surface area (Å²) in [4.78, 5) is 24.7. The van der Waals surface area contributed by atoms with Gasteiger partial charge in [0.15, 0.2) is 5.65 Å². The Labute approximate surface area is 127 Å². The lowest BCUT2D eigenvalue weighted by atomic mass is 9.82. The Kier molecular flexibility index (Phi) is 3.98. The predicted octanol–water partition coefficient (Wildman–Crippen LogP) is 0.761. The Morgan fingerprint density at radius 3 is 3.00 bits per heavy atom. The minimum atomic E-state index is -0.811. The van der Waals surface area contributed by atoms with Crippen molar-refractivity contribution >= 4 is 11.6 Å². The number of hydrogen-bond donors (Lipinski definition) is 1. The minimum Gasteiger partial charge on any atom is -0.466 e. The topological polar surface area (TPSA) is 85.8 Å². The number of esters is 1. The molecule has 1 fully saturated rings. The van der Waals surface area contributed by atoms with E-state index in [2.05, 4.69) is 5.10 Å². The molecule has 118 valence electrons. The van der Waals surface area contributed by atoms with Crippen LogP contribution in [0.15, 0.2) is 29.2 Å². The summed E-state index contributed by atoms with van der Waals surface area (Å²) in [6.45, 7) is 1.97. The van der Waals surface area contributed by atoms with E-state index in [-0.39, 0.29) is 12.3 Å². The SMILES string of the molecule is CCOC(=O)[C@H]1[C@@H](O)CCC[C@@H]1n1nc2ccccn2c1=O. The first-order valence-corrected chi connectivity index (χ1v) is 7.54. The van der Waals surface area contributed by atoms with Crippen LogP contribution in [0.4, 0.5) is 0 Å². The quantitative estimate of drug-likeness (QED) is 0.846. The van der Waals surface area contributed by atoms with Gasteiger partial charge in [-0.05, 0) is 38.3 Å². The fourth-order valence-electron chi connectivity index (χ4n) is 3.14. The Hall–Kier alpha value is -2.15. The van der Waals surface area contributed by atoms with Crippen LogP contribution in [0, 0.1) is 5.92 Å². The number of hydrogen-bond acceptors (Lipinski definition) is 5. The second-order valence-electron chi connectivity index (χ2n) is 5.50. The van der Waals surface area contributed by atoms with Crippen molar-refractivity contribution < 1.29 is 14.6 Å². The van der Waals surface area contributed by atoms with E-state index < -0.39 is 24.0 Å². The second kappa shape index (κ2) is 5.92. The van der Waals surface area contributed by atoms with E-state index in [0.29, 0.717) is 18.5 Å². The molecule has 7 heteroatoms. The maximum atomic E-state index is 12.5. The molecule has 0 amide bonds. The summed E-state index contributed by atoms with van der Waals surface area (Å²) >= 11 is 0. The van der Waals surface area contributed by atoms with Gasteiger partial charge in [0.2, 0.25) is 0 Å². The summed E-state index contributed by atoms with van der Waals surface area (Å²) < 4.78 is 7.82. The van der Waals surface area contributed by atoms with Crippen molar-refractivity contribution in [2.45, 2.75) is 38.3 Å². The van der Waals surface area contributed by atoms with Crippen molar-refractivity contribution in [3.05, 3.63) is 34.9 Å². The van der Waals surface area contributed by atoms with Crippen LogP contribution in [0.25, 0.3) is 5.65 Å². The van der Waals surface area contributed by atoms with E-state index in [1.54, 1.807) is 31.3 Å². The van der Waals surface area contributed by atoms with Crippen LogP contribution in [0.2, 0.25) is 0 Å². The fourth-order valence-corrected chi connectivity index (χ4v) is 3.14. The van der Waals surface area contributed by atoms with Crippen LogP contribution >= 0.6 is 0 Å². The number of carbonyl (C=O) groups is 1. The zero-order valence-corrected chi connectivity index (χ0v) is 12.4. The maximum absolute atomic E-state index is 12.5. The van der Waals surface area contributed by atoms with Gasteiger partial charge >= 0.3 is 11.7 Å². The Morgan fingerprint density at radius 1 is 1.45 bits per heavy atom. The zero-order valence-electron chi connectivity index (χ0n) is 12.4. The summed E-state index contributed by atoms with van der Waals surface area (Å²) in [5, 5.41) is 14.5. The highest BCUT2D eigenvalue weighted by Gasteiger charge is 2.41. The van der Waals surface area contributed by atoms with Gasteiger partial charge in [-0.1, -0.05) is 6.07 Å². The van der Waals surface area contributed by atoms with Gasteiger partial charge in [-0.25, -0.2) is 9.48 Å². The van der Waals surface area contributed by atoms with E-state index in [1.165, 1.54) is 9.08 Å². The number of fused-ring (bicyclic) bond motifs is 1. The van der Waals surface area contributed by atoms with Gasteiger partial charge < -0.3 is 9.84 Å². The standard InChI is InChI=1S/C15H19N3O4/c1-2-22-14(20)13-10(6-5-7-11(13)19)18-15(21)17-9-4-3-8-12(17)16-18/h3-4,8-11,13,19H,2,5-7H2,1H3/t10-,11-,13+/m0/s1. The zero-order chi connectivity index (χ0) is 15.7. The third-order valence-corrected chi connectivity index (χ3v) is 4.15. The van der Waals surface area contributed by atoms with Gasteiger partial charge in [-0.2, -0.15) is 0 Å². The number of aromatic nitrogens is 3. The summed E-state index contributed by atoms with van der Waals surface area (Å²) in [6.07, 6.45) is 2.71. The Morgan fingerprint density at radius 2 is 2.27 bits per heavy atom. The van der Waals surface area contributed by atoms with Crippen LogP contribution in [0.5, 0.6) is 0 Å². The molecule has 2 aromatic rings. The molecule has 22 heavy (non-hydrogen) atoms. The number of ether oxygens (including phenoxy) is 1. The molecule has 1 aliphatic rings. The van der Waals surface area contributed by atoms with E-state index in [0.717, 1.165) is 6.42 Å². The Bertz CT molecular complexity index is 736. The smallest absolute Gasteiger partial charge is 0.350 e. The average molecular weight is 305 g/mol. The van der Waals surface area contributed by atoms with Crippen LogP contribution in [0.1, 0.15) is 32.2 Å². The van der Waals surface area contributed by atoms with Gasteiger partial charge in [0, 0.05) is 6.20 Å². The highest BCUT2D eigenvalue weighted by Crippen LogP contribution is 2.34. The van der Waals surface area contributed by atoms with Crippen molar-refractivity contribution in [2.24, 2.45) is 5.92 Å². The summed E-state index contributed by atoms with van der Waals surface area (Å²) in [6, 6.07) is 4.80. The van der Waals surface area contributed by atoms with Crippen LogP contribution in [-0.4, -0.2) is 38.0 Å². The number of aliphatic hydroxyl groups excluding tert-OH is 1. The highest BCUT2D eigenvalue weighted by molar-refractivity contribution is 5.74. The first-order chi connectivity index (χ1) is 10.6. The lowest BCUT2D eigenvalue weighted by Crippen LogP contribution is -2.43. The molecule has 0 radical (unpaired) electrons. The molecule has 0 spiro atoms. The molecule has 0 unspecified atom stereocenters. The number of nitrogens with zero attached hydrogens (tertiary/aromatic N) is 3. The molecule has 2 aromatic heterocycles. The molecule has 0 aliphatic heterocycles. The molecular weight excluding hydrogens is 286 g/mol. The van der Waals surface area contributed by atoms with E-state index >= 15 is 0 Å². The molecule has 1 N–H and O–H groups in total. The number of pyridine rings is 1. The molecule has 1 aliphatic carbocycles. The minimum absolute atomic E-state index is 0.245. The van der Waals surface area contributed by atoms with Crippen LogP contribution in [-0.2, 0) is 9.53 Å². The maximum Gasteiger partial charge on any atom is 0.350 e. The number of aliphatic hydroxyl groups is 1. The molecule has 0 saturated heterocycles. The molecule has 3 rings (SSSR count). The summed E-state index contributed by atoms with van der Waals surface area (Å²) in [5.41, 5.74) is 0.221. The molecule has 1 saturated carbocycles. The lowest BCUT2D eigenvalue weighted by molar-refractivity contribution is -0.156. The van der Waals surface area contributed by atoms with E-state index in [1.807, 2.05) is 0 Å². The molecular formula is C15H19N3O4. The fraction of sp³-hybridized carbons (Fsp3) is 0.533. The largest absolute Gasteiger partial charge is 0.466 e. The molecule has 3 atom stereocenters. The van der Waals surface area contributed by atoms with Gasteiger partial charge in [-0.3, -0.25) is 9.20 Å². The Balaban J connectivity index is 2.04. The van der Waals surface area contributed by atoms with Crippen LogP contribution in [0.3, 0.4) is 0 Å². The van der Waals surface area contributed by atoms with Crippen LogP contribution < -0.4 is 5.69 Å². The predicted molar refractivity (Wildman–Crippen MR) is 78.5 cm³/mol. The number of rotatable bonds is 3. The van der Waals surface area contributed by atoms with E-state index in [9.17, 15) is 14.7 Å². The first kappa shape index (κ1) is 14.8. The summed E-state index contributed by atoms with van der Waals surface area (Å²) in [7, 11) is 0. The van der Waals surface area contributed by atoms with E-state index in [4.69, 9.17) is 4.74 Å². The molecule has 2 heterocycles. The van der Waals surface area contributed by atoms with Gasteiger partial charge in [0.25, 0.3) is 0 Å². The molecule has 0 bridgehead atoms. The molecule has 0 aromatic carbocycles. The normalized spacial score (nSPS) is 25.3.